The molecule has 0 aliphatic carbocycles. The molecule has 1 amide bonds. The van der Waals surface area contributed by atoms with Gasteiger partial charge in [-0.25, -0.2) is 8.42 Å². The first-order valence-electron chi connectivity index (χ1n) is 7.92. The number of carbonyl (C=O) groups is 1. The van der Waals surface area contributed by atoms with E-state index in [-0.39, 0.29) is 21.4 Å². The van der Waals surface area contributed by atoms with Crippen LogP contribution in [0, 0.1) is 13.8 Å². The second kappa shape index (κ2) is 7.89. The average Bonchev–Trinajstić information content (AvgIpc) is 2.56. The summed E-state index contributed by atoms with van der Waals surface area (Å²) in [5.41, 5.74) is 2.46. The maximum atomic E-state index is 12.7. The minimum absolute atomic E-state index is 0.0600. The number of aryl methyl sites for hydroxylation is 2. The van der Waals surface area contributed by atoms with Gasteiger partial charge >= 0.3 is 0 Å². The summed E-state index contributed by atoms with van der Waals surface area (Å²) in [6.07, 6.45) is 0.790. The summed E-state index contributed by atoms with van der Waals surface area (Å²) in [4.78, 5) is 12.0. The van der Waals surface area contributed by atoms with Crippen LogP contribution in [0.5, 0.6) is 0 Å². The average molecular weight is 381 g/mol. The van der Waals surface area contributed by atoms with Crippen LogP contribution >= 0.6 is 11.6 Å². The van der Waals surface area contributed by atoms with Crippen molar-refractivity contribution in [2.75, 3.05) is 11.3 Å². The predicted molar refractivity (Wildman–Crippen MR) is 101 cm³/mol. The molecule has 0 heterocycles. The lowest BCUT2D eigenvalue weighted by molar-refractivity contribution is 0.0953. The molecule has 0 saturated carbocycles. The number of hydrogen-bond acceptors (Lipinski definition) is 3. The fourth-order valence-electron chi connectivity index (χ4n) is 2.24. The molecule has 7 heteroatoms. The van der Waals surface area contributed by atoms with E-state index in [1.54, 1.807) is 6.07 Å². The Labute approximate surface area is 153 Å². The molecule has 2 aromatic carbocycles. The van der Waals surface area contributed by atoms with Crippen LogP contribution in [0.2, 0.25) is 5.02 Å². The number of rotatable bonds is 6. The van der Waals surface area contributed by atoms with Crippen LogP contribution in [0.1, 0.15) is 34.8 Å². The van der Waals surface area contributed by atoms with Gasteiger partial charge in [0.15, 0.2) is 0 Å². The fourth-order valence-corrected chi connectivity index (χ4v) is 3.89. The molecule has 0 aliphatic rings. The van der Waals surface area contributed by atoms with E-state index in [9.17, 15) is 13.2 Å². The van der Waals surface area contributed by atoms with Crippen LogP contribution in [0.15, 0.2) is 41.3 Å². The van der Waals surface area contributed by atoms with Crippen molar-refractivity contribution in [3.8, 4) is 0 Å². The molecule has 0 spiro atoms. The van der Waals surface area contributed by atoms with Crippen molar-refractivity contribution >= 4 is 33.2 Å². The van der Waals surface area contributed by atoms with Crippen LogP contribution in [-0.4, -0.2) is 20.9 Å². The van der Waals surface area contributed by atoms with E-state index >= 15 is 0 Å². The van der Waals surface area contributed by atoms with Crippen molar-refractivity contribution in [3.05, 3.63) is 58.1 Å². The number of carbonyl (C=O) groups excluding carboxylic acids is 1. The van der Waals surface area contributed by atoms with Gasteiger partial charge in [-0.1, -0.05) is 30.7 Å². The Hall–Kier alpha value is -2.05. The van der Waals surface area contributed by atoms with E-state index in [2.05, 4.69) is 10.0 Å². The summed E-state index contributed by atoms with van der Waals surface area (Å²) in [7, 11) is -3.92. The van der Waals surface area contributed by atoms with Gasteiger partial charge in [0.05, 0.1) is 10.7 Å². The predicted octanol–water partition coefficient (Wildman–Crippen LogP) is 3.90. The monoisotopic (exact) mass is 380 g/mol. The maximum absolute atomic E-state index is 12.7. The Morgan fingerprint density at radius 3 is 2.52 bits per heavy atom. The first kappa shape index (κ1) is 19.3. The summed E-state index contributed by atoms with van der Waals surface area (Å²) >= 11 is 6.08. The molecule has 2 N–H and O–H groups in total. The topological polar surface area (TPSA) is 75.3 Å². The molecular weight excluding hydrogens is 360 g/mol. The summed E-state index contributed by atoms with van der Waals surface area (Å²) in [5.74, 6) is -0.332. The highest BCUT2D eigenvalue weighted by Gasteiger charge is 2.21. The molecule has 5 nitrogen and oxygen atoms in total. The van der Waals surface area contributed by atoms with Gasteiger partial charge in [0.1, 0.15) is 4.90 Å². The highest BCUT2D eigenvalue weighted by molar-refractivity contribution is 7.92. The van der Waals surface area contributed by atoms with Gasteiger partial charge in [-0.15, -0.1) is 0 Å². The molecule has 134 valence electrons. The normalized spacial score (nSPS) is 11.2. The molecule has 2 rings (SSSR count). The third kappa shape index (κ3) is 4.74. The lowest BCUT2D eigenvalue weighted by Gasteiger charge is -2.13. The second-order valence-electron chi connectivity index (χ2n) is 5.82. The summed E-state index contributed by atoms with van der Waals surface area (Å²) in [5, 5.41) is 2.78. The van der Waals surface area contributed by atoms with E-state index < -0.39 is 10.0 Å². The third-order valence-corrected chi connectivity index (χ3v) is 5.50. The van der Waals surface area contributed by atoms with Crippen LogP contribution in [-0.2, 0) is 10.0 Å². The van der Waals surface area contributed by atoms with Gasteiger partial charge in [-0.05, 0) is 55.7 Å². The van der Waals surface area contributed by atoms with Gasteiger partial charge in [0.25, 0.3) is 15.9 Å². The van der Waals surface area contributed by atoms with Gasteiger partial charge in [0.2, 0.25) is 0 Å². The number of sulfonamides is 1. The minimum atomic E-state index is -3.92. The molecule has 0 unspecified atom stereocenters. The van der Waals surface area contributed by atoms with Crippen LogP contribution < -0.4 is 10.0 Å². The molecule has 25 heavy (non-hydrogen) atoms. The van der Waals surface area contributed by atoms with Gasteiger partial charge in [-0.3, -0.25) is 9.52 Å². The largest absolute Gasteiger partial charge is 0.352 e. The van der Waals surface area contributed by atoms with E-state index in [1.807, 2.05) is 32.9 Å². The van der Waals surface area contributed by atoms with Gasteiger partial charge in [-0.2, -0.15) is 0 Å². The summed E-state index contributed by atoms with van der Waals surface area (Å²) in [6, 6.07) is 9.70. The zero-order valence-corrected chi connectivity index (χ0v) is 16.0. The second-order valence-corrected chi connectivity index (χ2v) is 7.88. The standard InChI is InChI=1S/C18H21ClN2O3S/c1-4-9-20-18(22)14-7-8-15(19)17(11-14)25(23,24)21-16-10-12(2)5-6-13(16)3/h5-8,10-11,21H,4,9H2,1-3H3,(H,20,22). The van der Waals surface area contributed by atoms with Crippen LogP contribution in [0.25, 0.3) is 0 Å². The molecule has 0 aromatic heterocycles. The van der Waals surface area contributed by atoms with E-state index in [1.165, 1.54) is 18.2 Å². The maximum Gasteiger partial charge on any atom is 0.263 e. The van der Waals surface area contributed by atoms with Crippen LogP contribution in [0.4, 0.5) is 5.69 Å². The minimum Gasteiger partial charge on any atom is -0.352 e. The lowest BCUT2D eigenvalue weighted by Crippen LogP contribution is -2.24. The van der Waals surface area contributed by atoms with Crippen molar-refractivity contribution in [1.82, 2.24) is 5.32 Å². The highest BCUT2D eigenvalue weighted by atomic mass is 35.5. The molecular formula is C18H21ClN2O3S. The summed E-state index contributed by atoms with van der Waals surface area (Å²) in [6.45, 7) is 6.15. The Balaban J connectivity index is 2.38. The molecule has 0 radical (unpaired) electrons. The quantitative estimate of drug-likeness (QED) is 0.798. The molecule has 2 aromatic rings. The zero-order chi connectivity index (χ0) is 18.6. The summed E-state index contributed by atoms with van der Waals surface area (Å²) < 4.78 is 28.0. The van der Waals surface area contributed by atoms with Crippen molar-refractivity contribution in [1.29, 1.82) is 0 Å². The number of hydrogen-bond donors (Lipinski definition) is 2. The molecule has 0 aliphatic heterocycles. The first-order valence-corrected chi connectivity index (χ1v) is 9.78. The number of benzene rings is 2. The van der Waals surface area contributed by atoms with Crippen molar-refractivity contribution < 1.29 is 13.2 Å². The number of amides is 1. The van der Waals surface area contributed by atoms with Crippen LogP contribution in [0.3, 0.4) is 0 Å². The highest BCUT2D eigenvalue weighted by Crippen LogP contribution is 2.26. The number of anilines is 1. The molecule has 0 saturated heterocycles. The Morgan fingerprint density at radius 2 is 1.84 bits per heavy atom. The van der Waals surface area contributed by atoms with Crippen molar-refractivity contribution in [2.45, 2.75) is 32.1 Å². The molecule has 0 atom stereocenters. The van der Waals surface area contributed by atoms with Gasteiger partial charge < -0.3 is 5.32 Å². The number of halogens is 1. The van der Waals surface area contributed by atoms with E-state index in [0.717, 1.165) is 17.5 Å². The molecule has 0 fully saturated rings. The first-order chi connectivity index (χ1) is 11.7. The van der Waals surface area contributed by atoms with Gasteiger partial charge in [0, 0.05) is 12.1 Å². The Morgan fingerprint density at radius 1 is 1.12 bits per heavy atom. The SMILES string of the molecule is CCCNC(=O)c1ccc(Cl)c(S(=O)(=O)Nc2cc(C)ccc2C)c1. The van der Waals surface area contributed by atoms with Crippen molar-refractivity contribution in [2.24, 2.45) is 0 Å². The Kier molecular flexibility index (Phi) is 6.08. The fraction of sp³-hybridized carbons (Fsp3) is 0.278. The Bertz CT molecular complexity index is 895. The van der Waals surface area contributed by atoms with E-state index in [4.69, 9.17) is 11.6 Å². The van der Waals surface area contributed by atoms with Crippen molar-refractivity contribution in [3.63, 3.8) is 0 Å². The molecule has 0 bridgehead atoms. The third-order valence-electron chi connectivity index (χ3n) is 3.66. The zero-order valence-electron chi connectivity index (χ0n) is 14.4. The smallest absolute Gasteiger partial charge is 0.263 e. The lowest BCUT2D eigenvalue weighted by atomic mass is 10.1. The number of nitrogens with one attached hydrogen (secondary N) is 2. The van der Waals surface area contributed by atoms with E-state index in [0.29, 0.717) is 12.2 Å².